The van der Waals surface area contributed by atoms with Crippen molar-refractivity contribution in [3.05, 3.63) is 100 Å². The van der Waals surface area contributed by atoms with Gasteiger partial charge in [-0.2, -0.15) is 0 Å². The Bertz CT molecular complexity index is 1160. The molecule has 0 N–H and O–H groups in total. The number of carbonyl (C=O) groups is 2. The summed E-state index contributed by atoms with van der Waals surface area (Å²) in [6.45, 7) is 0.979. The average Bonchev–Trinajstić information content (AvgIpc) is 2.84. The molecular formula is C26H22ClF2NO3. The fourth-order valence-electron chi connectivity index (χ4n) is 3.93. The lowest BCUT2D eigenvalue weighted by molar-refractivity contribution is 0.0645. The number of para-hydroxylation sites is 1. The molecule has 4 nitrogen and oxygen atoms in total. The number of amides is 1. The van der Waals surface area contributed by atoms with Crippen molar-refractivity contribution in [1.29, 1.82) is 0 Å². The first kappa shape index (κ1) is 22.9. The third-order valence-corrected chi connectivity index (χ3v) is 6.02. The summed E-state index contributed by atoms with van der Waals surface area (Å²) in [5.74, 6) is -1.98. The fraction of sp³-hybridized carbons (Fsp3) is 0.231. The molecule has 3 aromatic rings. The maximum Gasteiger partial charge on any atom is 0.257 e. The molecule has 1 saturated heterocycles. The van der Waals surface area contributed by atoms with E-state index in [9.17, 15) is 18.4 Å². The van der Waals surface area contributed by atoms with Crippen LogP contribution in [-0.4, -0.2) is 29.7 Å². The van der Waals surface area contributed by atoms with Crippen LogP contribution in [0.25, 0.3) is 0 Å². The highest BCUT2D eigenvalue weighted by atomic mass is 35.5. The molecule has 0 aromatic heterocycles. The molecule has 170 valence electrons. The molecule has 7 heteroatoms. The summed E-state index contributed by atoms with van der Waals surface area (Å²) in [6.07, 6.45) is 0.767. The van der Waals surface area contributed by atoms with Crippen molar-refractivity contribution in [2.24, 2.45) is 5.92 Å². The summed E-state index contributed by atoms with van der Waals surface area (Å²) in [6, 6.07) is 17.2. The lowest BCUT2D eigenvalue weighted by Crippen LogP contribution is -2.40. The predicted molar refractivity (Wildman–Crippen MR) is 122 cm³/mol. The summed E-state index contributed by atoms with van der Waals surface area (Å²) < 4.78 is 33.4. The van der Waals surface area contributed by atoms with Gasteiger partial charge in [-0.25, -0.2) is 8.78 Å². The molecule has 4 rings (SSSR count). The topological polar surface area (TPSA) is 46.6 Å². The van der Waals surface area contributed by atoms with Gasteiger partial charge < -0.3 is 9.64 Å². The number of hydrogen-bond acceptors (Lipinski definition) is 3. The van der Waals surface area contributed by atoms with Gasteiger partial charge in [-0.05, 0) is 60.9 Å². The molecule has 1 heterocycles. The van der Waals surface area contributed by atoms with Gasteiger partial charge in [-0.15, -0.1) is 0 Å². The van der Waals surface area contributed by atoms with Crippen molar-refractivity contribution in [3.8, 4) is 5.75 Å². The molecule has 1 aliphatic rings. The fourth-order valence-corrected chi connectivity index (χ4v) is 4.06. The molecule has 33 heavy (non-hydrogen) atoms. The Morgan fingerprint density at radius 1 is 0.939 bits per heavy atom. The van der Waals surface area contributed by atoms with Gasteiger partial charge in [0, 0.05) is 24.0 Å². The first-order valence-corrected chi connectivity index (χ1v) is 11.0. The molecular weight excluding hydrogens is 448 g/mol. The zero-order valence-corrected chi connectivity index (χ0v) is 18.5. The SMILES string of the molecule is O=C(c1cc(F)ccc1F)C1CCN(C(=O)c2ccccc2OCc2ccc(Cl)cc2)CC1. The molecule has 1 fully saturated rings. The van der Waals surface area contributed by atoms with Gasteiger partial charge in [-0.1, -0.05) is 35.9 Å². The number of ketones is 1. The first-order valence-electron chi connectivity index (χ1n) is 10.7. The van der Waals surface area contributed by atoms with E-state index in [1.54, 1.807) is 41.3 Å². The summed E-state index contributed by atoms with van der Waals surface area (Å²) in [5, 5.41) is 0.636. The Kier molecular flexibility index (Phi) is 7.04. The Hall–Kier alpha value is -3.25. The number of nitrogens with zero attached hydrogens (tertiary/aromatic N) is 1. The van der Waals surface area contributed by atoms with Crippen LogP contribution in [-0.2, 0) is 6.61 Å². The Balaban J connectivity index is 1.40. The van der Waals surface area contributed by atoms with Crippen LogP contribution in [0.5, 0.6) is 5.75 Å². The number of halogens is 3. The van der Waals surface area contributed by atoms with Crippen LogP contribution in [0, 0.1) is 17.6 Å². The van der Waals surface area contributed by atoms with Crippen LogP contribution in [0.15, 0.2) is 66.7 Å². The van der Waals surface area contributed by atoms with E-state index in [0.29, 0.717) is 42.3 Å². The number of piperidine rings is 1. The van der Waals surface area contributed by atoms with Crippen molar-refractivity contribution in [2.75, 3.05) is 13.1 Å². The maximum atomic E-state index is 14.0. The second-order valence-corrected chi connectivity index (χ2v) is 8.40. The van der Waals surface area contributed by atoms with E-state index in [0.717, 1.165) is 23.8 Å². The molecule has 0 radical (unpaired) electrons. The number of carbonyl (C=O) groups excluding carboxylic acids is 2. The summed E-state index contributed by atoms with van der Waals surface area (Å²) in [5.41, 5.74) is 1.12. The van der Waals surface area contributed by atoms with Gasteiger partial charge in [0.1, 0.15) is 24.0 Å². The monoisotopic (exact) mass is 469 g/mol. The number of hydrogen-bond donors (Lipinski definition) is 0. The van der Waals surface area contributed by atoms with Crippen LogP contribution < -0.4 is 4.74 Å². The second kappa shape index (κ2) is 10.1. The van der Waals surface area contributed by atoms with Gasteiger partial charge >= 0.3 is 0 Å². The third kappa shape index (κ3) is 5.40. The minimum atomic E-state index is -0.730. The highest BCUT2D eigenvalue weighted by molar-refractivity contribution is 6.30. The molecule has 0 saturated carbocycles. The summed E-state index contributed by atoms with van der Waals surface area (Å²) in [4.78, 5) is 27.5. The number of Topliss-reactive ketones (excluding diaryl/α,β-unsaturated/α-hetero) is 1. The second-order valence-electron chi connectivity index (χ2n) is 7.97. The molecule has 0 unspecified atom stereocenters. The minimum absolute atomic E-state index is 0.190. The van der Waals surface area contributed by atoms with Crippen LogP contribution in [0.1, 0.15) is 39.1 Å². The van der Waals surface area contributed by atoms with E-state index in [-0.39, 0.29) is 18.1 Å². The molecule has 0 aliphatic carbocycles. The van der Waals surface area contributed by atoms with Gasteiger partial charge in [0.25, 0.3) is 5.91 Å². The standard InChI is InChI=1S/C26H22ClF2NO3/c27-19-7-5-17(6-8-19)16-33-24-4-2-1-3-21(24)26(32)30-13-11-18(12-14-30)25(31)22-15-20(28)9-10-23(22)29/h1-10,15,18H,11-14,16H2. The van der Waals surface area contributed by atoms with Crippen molar-refractivity contribution < 1.29 is 23.1 Å². The van der Waals surface area contributed by atoms with E-state index >= 15 is 0 Å². The number of likely N-dealkylation sites (tertiary alicyclic amines) is 1. The Morgan fingerprint density at radius 3 is 2.36 bits per heavy atom. The molecule has 0 bridgehead atoms. The third-order valence-electron chi connectivity index (χ3n) is 5.77. The van der Waals surface area contributed by atoms with Gasteiger partial charge in [0.05, 0.1) is 11.1 Å². The number of benzene rings is 3. The van der Waals surface area contributed by atoms with Crippen LogP contribution in [0.2, 0.25) is 5.02 Å². The normalized spacial score (nSPS) is 14.2. The number of ether oxygens (including phenoxy) is 1. The Morgan fingerprint density at radius 2 is 1.64 bits per heavy atom. The first-order chi connectivity index (χ1) is 15.9. The molecule has 1 amide bonds. The van der Waals surface area contributed by atoms with Crippen molar-refractivity contribution in [3.63, 3.8) is 0 Å². The van der Waals surface area contributed by atoms with E-state index in [1.807, 2.05) is 12.1 Å². The van der Waals surface area contributed by atoms with Gasteiger partial charge in [-0.3, -0.25) is 9.59 Å². The van der Waals surface area contributed by atoms with Crippen molar-refractivity contribution in [2.45, 2.75) is 19.4 Å². The predicted octanol–water partition coefficient (Wildman–Crippen LogP) is 5.93. The zero-order chi connectivity index (χ0) is 23.4. The van der Waals surface area contributed by atoms with Crippen LogP contribution in [0.4, 0.5) is 8.78 Å². The smallest absolute Gasteiger partial charge is 0.257 e. The summed E-state index contributed by atoms with van der Waals surface area (Å²) in [7, 11) is 0. The average molecular weight is 470 g/mol. The van der Waals surface area contributed by atoms with E-state index in [4.69, 9.17) is 16.3 Å². The van der Waals surface area contributed by atoms with Crippen molar-refractivity contribution >= 4 is 23.3 Å². The number of rotatable bonds is 6. The Labute approximate surface area is 195 Å². The van der Waals surface area contributed by atoms with E-state index in [1.165, 1.54) is 0 Å². The van der Waals surface area contributed by atoms with E-state index < -0.39 is 23.3 Å². The molecule has 0 spiro atoms. The maximum absolute atomic E-state index is 14.0. The van der Waals surface area contributed by atoms with Gasteiger partial charge in [0.15, 0.2) is 5.78 Å². The van der Waals surface area contributed by atoms with Crippen LogP contribution in [0.3, 0.4) is 0 Å². The van der Waals surface area contributed by atoms with Crippen molar-refractivity contribution in [1.82, 2.24) is 4.90 Å². The largest absolute Gasteiger partial charge is 0.488 e. The highest BCUT2D eigenvalue weighted by Gasteiger charge is 2.30. The lowest BCUT2D eigenvalue weighted by Gasteiger charge is -2.31. The lowest BCUT2D eigenvalue weighted by atomic mass is 9.88. The molecule has 0 atom stereocenters. The quantitative estimate of drug-likeness (QED) is 0.420. The molecule has 1 aliphatic heterocycles. The minimum Gasteiger partial charge on any atom is -0.488 e. The summed E-state index contributed by atoms with van der Waals surface area (Å²) >= 11 is 5.91. The molecule has 3 aromatic carbocycles. The van der Waals surface area contributed by atoms with Crippen LogP contribution >= 0.6 is 11.6 Å². The van der Waals surface area contributed by atoms with Gasteiger partial charge in [0.2, 0.25) is 0 Å². The highest BCUT2D eigenvalue weighted by Crippen LogP contribution is 2.27. The zero-order valence-electron chi connectivity index (χ0n) is 17.8. The van der Waals surface area contributed by atoms with E-state index in [2.05, 4.69) is 0 Å².